The number of amidine groups is 1. The molecule has 0 amide bonds. The van der Waals surface area contributed by atoms with Gasteiger partial charge in [0.15, 0.2) is 5.82 Å². The van der Waals surface area contributed by atoms with E-state index >= 15 is 0 Å². The van der Waals surface area contributed by atoms with Gasteiger partial charge in [-0.15, -0.1) is 0 Å². The third-order valence-electron chi connectivity index (χ3n) is 3.21. The van der Waals surface area contributed by atoms with Crippen molar-refractivity contribution in [2.24, 2.45) is 5.73 Å². The molecule has 0 aliphatic rings. The molecule has 5 nitrogen and oxygen atoms in total. The minimum Gasteiger partial charge on any atom is -0.384 e. The van der Waals surface area contributed by atoms with Gasteiger partial charge in [0.2, 0.25) is 0 Å². The summed E-state index contributed by atoms with van der Waals surface area (Å²) in [5, 5.41) is 12.0. The predicted molar refractivity (Wildman–Crippen MR) is 82.5 cm³/mol. The molecule has 0 saturated carbocycles. The van der Waals surface area contributed by atoms with Crippen molar-refractivity contribution >= 4 is 5.84 Å². The number of hydrogen-bond donors (Lipinski definition) is 2. The fraction of sp³-hybridized carbons (Fsp3) is 0.0625. The Morgan fingerprint density at radius 3 is 2.57 bits per heavy atom. The van der Waals surface area contributed by atoms with Crippen molar-refractivity contribution in [2.75, 3.05) is 0 Å². The highest BCUT2D eigenvalue weighted by atomic mass is 15.3. The topological polar surface area (TPSA) is 80.6 Å². The lowest BCUT2D eigenvalue weighted by atomic mass is 10.1. The molecule has 21 heavy (non-hydrogen) atoms. The fourth-order valence-electron chi connectivity index (χ4n) is 2.15. The van der Waals surface area contributed by atoms with Gasteiger partial charge in [-0.25, -0.2) is 9.67 Å². The zero-order chi connectivity index (χ0) is 14.8. The van der Waals surface area contributed by atoms with Crippen molar-refractivity contribution < 1.29 is 0 Å². The summed E-state index contributed by atoms with van der Waals surface area (Å²) in [6, 6.07) is 13.6. The molecular weight excluding hydrogens is 262 g/mol. The van der Waals surface area contributed by atoms with E-state index in [0.29, 0.717) is 11.4 Å². The van der Waals surface area contributed by atoms with Crippen LogP contribution >= 0.6 is 0 Å². The standard InChI is InChI=1S/C16H15N5/c1-11-7-8-14(15(17)18)16(20-11)21-10-13(9-19-21)12-5-3-2-4-6-12/h2-10H,1H3,(H3,17,18). The largest absolute Gasteiger partial charge is 0.384 e. The van der Waals surface area contributed by atoms with Crippen LogP contribution in [0.2, 0.25) is 0 Å². The van der Waals surface area contributed by atoms with Gasteiger partial charge in [0, 0.05) is 17.5 Å². The Hall–Kier alpha value is -2.95. The number of benzene rings is 1. The second-order valence-electron chi connectivity index (χ2n) is 4.78. The fourth-order valence-corrected chi connectivity index (χ4v) is 2.15. The van der Waals surface area contributed by atoms with Crippen molar-refractivity contribution in [2.45, 2.75) is 6.92 Å². The molecule has 3 N–H and O–H groups in total. The van der Waals surface area contributed by atoms with Crippen LogP contribution in [-0.4, -0.2) is 20.6 Å². The molecule has 0 aliphatic heterocycles. The van der Waals surface area contributed by atoms with Crippen LogP contribution in [0.3, 0.4) is 0 Å². The average Bonchev–Trinajstić information content (AvgIpc) is 2.97. The third-order valence-corrected chi connectivity index (χ3v) is 3.21. The van der Waals surface area contributed by atoms with Gasteiger partial charge in [-0.2, -0.15) is 5.10 Å². The van der Waals surface area contributed by atoms with E-state index in [0.717, 1.165) is 16.8 Å². The number of rotatable bonds is 3. The molecule has 3 rings (SSSR count). The molecule has 0 unspecified atom stereocenters. The Bertz CT molecular complexity index is 789. The highest BCUT2D eigenvalue weighted by molar-refractivity contribution is 5.97. The number of nitrogens with one attached hydrogen (secondary N) is 1. The van der Waals surface area contributed by atoms with E-state index < -0.39 is 0 Å². The van der Waals surface area contributed by atoms with Crippen molar-refractivity contribution in [3.05, 3.63) is 66.1 Å². The number of pyridine rings is 1. The van der Waals surface area contributed by atoms with Crippen molar-refractivity contribution in [3.63, 3.8) is 0 Å². The van der Waals surface area contributed by atoms with Crippen LogP contribution in [0.25, 0.3) is 16.9 Å². The van der Waals surface area contributed by atoms with E-state index in [4.69, 9.17) is 11.1 Å². The van der Waals surface area contributed by atoms with E-state index in [-0.39, 0.29) is 5.84 Å². The van der Waals surface area contributed by atoms with E-state index in [1.54, 1.807) is 16.9 Å². The summed E-state index contributed by atoms with van der Waals surface area (Å²) in [5.74, 6) is 0.555. The number of hydrogen-bond acceptors (Lipinski definition) is 3. The Balaban J connectivity index is 2.08. The second-order valence-corrected chi connectivity index (χ2v) is 4.78. The number of nitrogens with two attached hydrogens (primary N) is 1. The lowest BCUT2D eigenvalue weighted by Crippen LogP contribution is -2.16. The maximum Gasteiger partial charge on any atom is 0.164 e. The van der Waals surface area contributed by atoms with Crippen LogP contribution in [0.15, 0.2) is 54.9 Å². The zero-order valence-electron chi connectivity index (χ0n) is 11.6. The summed E-state index contributed by atoms with van der Waals surface area (Å²) in [6.07, 6.45) is 3.67. The first kappa shape index (κ1) is 13.1. The summed E-state index contributed by atoms with van der Waals surface area (Å²) in [7, 11) is 0. The molecule has 0 saturated heterocycles. The van der Waals surface area contributed by atoms with Gasteiger partial charge >= 0.3 is 0 Å². The van der Waals surface area contributed by atoms with Gasteiger partial charge in [0.1, 0.15) is 5.84 Å². The highest BCUT2D eigenvalue weighted by Crippen LogP contribution is 2.20. The minimum atomic E-state index is -0.0192. The van der Waals surface area contributed by atoms with Gasteiger partial charge in [-0.1, -0.05) is 30.3 Å². The van der Waals surface area contributed by atoms with E-state index in [9.17, 15) is 0 Å². The molecule has 2 heterocycles. The van der Waals surface area contributed by atoms with E-state index in [1.807, 2.05) is 49.5 Å². The molecule has 0 aliphatic carbocycles. The molecule has 0 spiro atoms. The molecule has 0 bridgehead atoms. The third kappa shape index (κ3) is 2.53. The van der Waals surface area contributed by atoms with Gasteiger partial charge < -0.3 is 5.73 Å². The van der Waals surface area contributed by atoms with Gasteiger partial charge in [0.25, 0.3) is 0 Å². The molecule has 5 heteroatoms. The monoisotopic (exact) mass is 277 g/mol. The van der Waals surface area contributed by atoms with Crippen molar-refractivity contribution in [3.8, 4) is 16.9 Å². The van der Waals surface area contributed by atoms with E-state index in [1.165, 1.54) is 0 Å². The quantitative estimate of drug-likeness (QED) is 0.570. The van der Waals surface area contributed by atoms with Crippen LogP contribution in [0.4, 0.5) is 0 Å². The maximum absolute atomic E-state index is 7.66. The second kappa shape index (κ2) is 5.20. The predicted octanol–water partition coefficient (Wildman–Crippen LogP) is 2.53. The van der Waals surface area contributed by atoms with Crippen LogP contribution in [-0.2, 0) is 0 Å². The molecule has 0 fully saturated rings. The molecular formula is C16H15N5. The van der Waals surface area contributed by atoms with Crippen molar-refractivity contribution in [1.82, 2.24) is 14.8 Å². The van der Waals surface area contributed by atoms with E-state index in [2.05, 4.69) is 10.1 Å². The zero-order valence-corrected chi connectivity index (χ0v) is 11.6. The SMILES string of the molecule is Cc1ccc(C(=N)N)c(-n2cc(-c3ccccc3)cn2)n1. The smallest absolute Gasteiger partial charge is 0.164 e. The van der Waals surface area contributed by atoms with Crippen LogP contribution in [0.1, 0.15) is 11.3 Å². The number of nitrogens with zero attached hydrogens (tertiary/aromatic N) is 3. The van der Waals surface area contributed by atoms with Crippen molar-refractivity contribution in [1.29, 1.82) is 5.41 Å². The lowest BCUT2D eigenvalue weighted by Gasteiger charge is -2.08. The number of nitrogen functional groups attached to an aromatic ring is 1. The molecule has 1 aromatic carbocycles. The summed E-state index contributed by atoms with van der Waals surface area (Å²) in [4.78, 5) is 4.45. The van der Waals surface area contributed by atoms with Gasteiger partial charge in [-0.3, -0.25) is 5.41 Å². The summed E-state index contributed by atoms with van der Waals surface area (Å²) >= 11 is 0. The molecule has 2 aromatic heterocycles. The van der Waals surface area contributed by atoms with Crippen LogP contribution in [0.5, 0.6) is 0 Å². The number of aromatic nitrogens is 3. The molecule has 3 aromatic rings. The Labute approximate surface area is 122 Å². The minimum absolute atomic E-state index is 0.0192. The number of aryl methyl sites for hydroxylation is 1. The first-order valence-electron chi connectivity index (χ1n) is 6.57. The highest BCUT2D eigenvalue weighted by Gasteiger charge is 2.11. The van der Waals surface area contributed by atoms with Gasteiger partial charge in [0.05, 0.1) is 11.8 Å². The van der Waals surface area contributed by atoms with Gasteiger partial charge in [-0.05, 0) is 24.6 Å². The first-order chi connectivity index (χ1) is 10.1. The summed E-state index contributed by atoms with van der Waals surface area (Å²) in [6.45, 7) is 1.90. The maximum atomic E-state index is 7.66. The summed E-state index contributed by atoms with van der Waals surface area (Å²) in [5.41, 5.74) is 9.13. The molecule has 0 atom stereocenters. The average molecular weight is 277 g/mol. The Morgan fingerprint density at radius 1 is 1.10 bits per heavy atom. The normalized spacial score (nSPS) is 10.5. The summed E-state index contributed by atoms with van der Waals surface area (Å²) < 4.78 is 1.66. The van der Waals surface area contributed by atoms with Crippen LogP contribution in [0, 0.1) is 12.3 Å². The molecule has 0 radical (unpaired) electrons. The lowest BCUT2D eigenvalue weighted by molar-refractivity contribution is 0.838. The first-order valence-corrected chi connectivity index (χ1v) is 6.57. The molecule has 104 valence electrons. The Kier molecular flexibility index (Phi) is 3.23. The van der Waals surface area contributed by atoms with Crippen LogP contribution < -0.4 is 5.73 Å². The Morgan fingerprint density at radius 2 is 1.86 bits per heavy atom.